The zero-order chi connectivity index (χ0) is 47.2. The number of aromatic nitrogens is 2. The maximum absolute atomic E-state index is 14.6. The number of amides is 1. The molecule has 1 amide bonds. The molecule has 5 aliphatic rings. The van der Waals surface area contributed by atoms with Gasteiger partial charge in [-0.2, -0.15) is 4.98 Å². The second-order valence-electron chi connectivity index (χ2n) is 19.9. The third kappa shape index (κ3) is 9.50. The van der Waals surface area contributed by atoms with Crippen LogP contribution in [0, 0.1) is 28.9 Å². The Bertz CT molecular complexity index is 2780. The Morgan fingerprint density at radius 3 is 2.56 bits per heavy atom. The zero-order valence-electron chi connectivity index (χ0n) is 38.9. The van der Waals surface area contributed by atoms with Crippen LogP contribution < -0.4 is 24.6 Å². The first-order valence-electron chi connectivity index (χ1n) is 24.3. The number of pyridine rings is 1. The van der Waals surface area contributed by atoms with Crippen molar-refractivity contribution in [3.8, 4) is 5.88 Å². The van der Waals surface area contributed by atoms with Gasteiger partial charge in [-0.15, -0.1) is 0 Å². The fraction of sp³-hybridized carbons (Fsp3) is 0.490. The van der Waals surface area contributed by atoms with E-state index in [4.69, 9.17) is 14.5 Å². The second kappa shape index (κ2) is 19.0. The largest absolute Gasteiger partial charge is 0.468 e. The zero-order valence-corrected chi connectivity index (χ0v) is 39.7. The van der Waals surface area contributed by atoms with E-state index in [1.807, 2.05) is 37.4 Å². The number of carbonyl (C=O) groups excluding carboxylic acids is 1. The molecule has 4 N–H and O–H groups in total. The lowest BCUT2D eigenvalue weighted by Gasteiger charge is -2.45. The molecule has 6 heterocycles. The molecule has 4 aliphatic heterocycles. The number of nitrogens with one attached hydrogen (secondary N) is 3. The molecule has 3 saturated heterocycles. The van der Waals surface area contributed by atoms with Crippen LogP contribution in [0.3, 0.4) is 0 Å². The van der Waals surface area contributed by atoms with Crippen LogP contribution in [0.15, 0.2) is 83.9 Å². The molecule has 17 heteroatoms. The summed E-state index contributed by atoms with van der Waals surface area (Å²) >= 11 is 0. The Kier molecular flexibility index (Phi) is 12.8. The number of sulfonamides is 1. The molecule has 16 nitrogen and oxygen atoms in total. The average molecular weight is 947 g/mol. The number of nitro benzene ring substituents is 1. The number of rotatable bonds is 12. The summed E-state index contributed by atoms with van der Waals surface area (Å²) in [6.45, 7) is 9.05. The molecule has 1 saturated carbocycles. The number of hydrogen-bond acceptors (Lipinski definition) is 13. The molecule has 10 rings (SSSR count). The Morgan fingerprint density at radius 2 is 1.76 bits per heavy atom. The van der Waals surface area contributed by atoms with Crippen molar-refractivity contribution in [2.45, 2.75) is 107 Å². The lowest BCUT2D eigenvalue weighted by molar-refractivity contribution is -0.384. The number of piperidine rings is 2. The van der Waals surface area contributed by atoms with E-state index in [2.05, 4.69) is 60.9 Å². The summed E-state index contributed by atoms with van der Waals surface area (Å²) in [6.07, 6.45) is 10.4. The molecule has 5 aromatic rings. The smallest absolute Gasteiger partial charge is 0.293 e. The van der Waals surface area contributed by atoms with Crippen molar-refractivity contribution in [3.63, 3.8) is 0 Å². The van der Waals surface area contributed by atoms with E-state index in [-0.39, 0.29) is 23.2 Å². The Morgan fingerprint density at radius 1 is 0.956 bits per heavy atom. The molecule has 1 aliphatic carbocycles. The summed E-state index contributed by atoms with van der Waals surface area (Å²) in [5.41, 5.74) is 4.66. The van der Waals surface area contributed by atoms with Gasteiger partial charge in [-0.3, -0.25) is 19.8 Å². The lowest BCUT2D eigenvalue weighted by atomic mass is 9.80. The van der Waals surface area contributed by atoms with Crippen LogP contribution in [-0.2, 0) is 14.8 Å². The molecule has 4 fully saturated rings. The van der Waals surface area contributed by atoms with E-state index in [1.54, 1.807) is 6.07 Å². The van der Waals surface area contributed by atoms with E-state index < -0.39 is 43.1 Å². The summed E-state index contributed by atoms with van der Waals surface area (Å²) in [5.74, 6) is 0.230. The number of aliphatic hydroxyl groups is 1. The Hall–Kier alpha value is -5.75. The van der Waals surface area contributed by atoms with Gasteiger partial charge < -0.3 is 34.7 Å². The number of likely N-dealkylation sites (tertiary alicyclic amines) is 1. The monoisotopic (exact) mass is 946 g/mol. The molecule has 2 aromatic heterocycles. The van der Waals surface area contributed by atoms with Crippen LogP contribution in [0.2, 0.25) is 0 Å². The third-order valence-corrected chi connectivity index (χ3v) is 16.5. The summed E-state index contributed by atoms with van der Waals surface area (Å²) < 4.78 is 42.9. The quantitative estimate of drug-likeness (QED) is 0.0689. The fourth-order valence-electron chi connectivity index (χ4n) is 11.3. The molecule has 0 unspecified atom stereocenters. The number of hydrogen-bond donors (Lipinski definition) is 4. The van der Waals surface area contributed by atoms with Crippen LogP contribution >= 0.6 is 0 Å². The van der Waals surface area contributed by atoms with Crippen molar-refractivity contribution >= 4 is 55.4 Å². The van der Waals surface area contributed by atoms with Gasteiger partial charge >= 0.3 is 0 Å². The third-order valence-electron chi connectivity index (χ3n) is 15.2. The number of aryl methyl sites for hydroxylation is 1. The number of carbonyl (C=O) groups is 1. The van der Waals surface area contributed by atoms with Gasteiger partial charge in [0.25, 0.3) is 21.6 Å². The Balaban J connectivity index is 0.934. The normalized spacial score (nSPS) is 24.8. The minimum Gasteiger partial charge on any atom is -0.468 e. The number of anilines is 4. The van der Waals surface area contributed by atoms with Gasteiger partial charge in [0, 0.05) is 62.2 Å². The number of nitro groups is 1. The maximum Gasteiger partial charge on any atom is 0.293 e. The predicted molar refractivity (Wildman–Crippen MR) is 261 cm³/mol. The van der Waals surface area contributed by atoms with Gasteiger partial charge in [0.15, 0.2) is 0 Å². The van der Waals surface area contributed by atoms with Gasteiger partial charge in [-0.25, -0.2) is 13.1 Å². The van der Waals surface area contributed by atoms with Gasteiger partial charge in [0.1, 0.15) is 23.1 Å². The minimum atomic E-state index is -4.61. The standard InChI is InChI=1S/C51H62N8O8S/c1-33-7-3-4-8-39(33)42-9-5-6-23-57(42)31-35-17-24-56(25-18-35)37-10-12-40(44(28-37)58-43-19-26-66-32-47(43)67-50-46(58)27-36-16-22-52-48(36)54-50)49(60)55-68(64,65)38-11-13-41(45(29-38)59(62)63)53-30-34-14-20-51(2,61)21-15-34/h3-4,7-8,10-13,16,22,27-29,34-35,42-43,47,53,61H,5-6,9,14-15,17-21,23-26,30-32H2,1-2H3,(H,52,54)(H,55,60)/t34-,42-,43+,47+,51-/m1/s1. The first-order valence-corrected chi connectivity index (χ1v) is 25.8. The highest BCUT2D eigenvalue weighted by Gasteiger charge is 2.42. The first kappa shape index (κ1) is 46.0. The number of fused-ring (bicyclic) bond motifs is 3. The molecular formula is C51H62N8O8S. The highest BCUT2D eigenvalue weighted by atomic mass is 32.2. The summed E-state index contributed by atoms with van der Waals surface area (Å²) in [7, 11) is -4.61. The molecule has 0 spiro atoms. The Labute approximate surface area is 397 Å². The van der Waals surface area contributed by atoms with E-state index >= 15 is 0 Å². The van der Waals surface area contributed by atoms with Gasteiger partial charge in [-0.1, -0.05) is 30.7 Å². The summed E-state index contributed by atoms with van der Waals surface area (Å²) in [6, 6.07) is 22.1. The van der Waals surface area contributed by atoms with Crippen molar-refractivity contribution in [1.82, 2.24) is 19.6 Å². The topological polar surface area (TPSA) is 196 Å². The van der Waals surface area contributed by atoms with E-state index in [1.165, 1.54) is 42.5 Å². The lowest BCUT2D eigenvalue weighted by Crippen LogP contribution is -2.53. The minimum absolute atomic E-state index is 0.117. The number of benzene rings is 3. The molecule has 68 heavy (non-hydrogen) atoms. The van der Waals surface area contributed by atoms with Crippen molar-refractivity contribution in [2.24, 2.45) is 11.8 Å². The van der Waals surface area contributed by atoms with E-state index in [9.17, 15) is 28.4 Å². The van der Waals surface area contributed by atoms with Crippen LogP contribution in [0.25, 0.3) is 11.0 Å². The molecular weight excluding hydrogens is 885 g/mol. The van der Waals surface area contributed by atoms with Crippen LogP contribution in [0.4, 0.5) is 28.4 Å². The number of nitrogens with zero attached hydrogens (tertiary/aromatic N) is 5. The predicted octanol–water partition coefficient (Wildman–Crippen LogP) is 8.38. The second-order valence-corrected chi connectivity index (χ2v) is 21.6. The fourth-order valence-corrected chi connectivity index (χ4v) is 12.2. The molecule has 3 atom stereocenters. The van der Waals surface area contributed by atoms with Gasteiger partial charge in [0.05, 0.1) is 39.3 Å². The number of H-pyrrole nitrogens is 1. The van der Waals surface area contributed by atoms with Crippen LogP contribution in [0.5, 0.6) is 5.88 Å². The van der Waals surface area contributed by atoms with Crippen molar-refractivity contribution in [3.05, 3.63) is 106 Å². The maximum atomic E-state index is 14.6. The molecule has 360 valence electrons. The van der Waals surface area contributed by atoms with Crippen molar-refractivity contribution < 1.29 is 32.7 Å². The molecule has 3 aromatic carbocycles. The molecule has 0 bridgehead atoms. The van der Waals surface area contributed by atoms with Crippen LogP contribution in [-0.4, -0.2) is 103 Å². The highest BCUT2D eigenvalue weighted by Crippen LogP contribution is 2.46. The van der Waals surface area contributed by atoms with Crippen molar-refractivity contribution in [1.29, 1.82) is 0 Å². The SMILES string of the molecule is Cc1ccccc1[C@H]1CCCCN1CC1CCN(c2ccc(C(=O)NS(=O)(=O)c3ccc(NC[C@H]4CC[C@](C)(O)CC4)c([N+](=O)[O-])c3)c(N3c4cc5cc[nH]c5nc4O[C@H]4COCC[C@@H]43)c2)CC1. The number of ether oxygens (including phenoxy) is 2. The highest BCUT2D eigenvalue weighted by molar-refractivity contribution is 7.90. The summed E-state index contributed by atoms with van der Waals surface area (Å²) in [4.78, 5) is 41.1. The summed E-state index contributed by atoms with van der Waals surface area (Å²) in [5, 5.41) is 26.7. The van der Waals surface area contributed by atoms with E-state index in [0.29, 0.717) is 73.9 Å². The number of aromatic amines is 1. The molecule has 0 radical (unpaired) electrons. The van der Waals surface area contributed by atoms with Crippen LogP contribution in [0.1, 0.15) is 98.7 Å². The first-order chi connectivity index (χ1) is 32.8. The van der Waals surface area contributed by atoms with Gasteiger partial charge in [0.2, 0.25) is 5.88 Å². The average Bonchev–Trinajstić information content (AvgIpc) is 3.80. The van der Waals surface area contributed by atoms with E-state index in [0.717, 1.165) is 69.0 Å². The van der Waals surface area contributed by atoms with Crippen molar-refractivity contribution in [2.75, 3.05) is 61.1 Å². The van der Waals surface area contributed by atoms with Gasteiger partial charge in [-0.05, 0) is 144 Å².